The van der Waals surface area contributed by atoms with E-state index >= 15 is 0 Å². The van der Waals surface area contributed by atoms with Crippen molar-refractivity contribution in [2.75, 3.05) is 20.8 Å². The van der Waals surface area contributed by atoms with E-state index in [1.165, 1.54) is 0 Å². The fraction of sp³-hybridized carbons (Fsp3) is 0.286. The molecule has 0 saturated carbocycles. The molecule has 1 amide bonds. The van der Waals surface area contributed by atoms with Crippen LogP contribution in [0.2, 0.25) is 5.02 Å². The second-order valence-electron chi connectivity index (χ2n) is 6.83. The molecule has 0 aliphatic carbocycles. The van der Waals surface area contributed by atoms with E-state index in [1.54, 1.807) is 31.3 Å². The number of carbonyl (C=O) groups excluding carboxylic acids is 1. The van der Waals surface area contributed by atoms with Gasteiger partial charge in [0.05, 0.1) is 14.2 Å². The Labute approximate surface area is 173 Å². The van der Waals surface area contributed by atoms with Crippen LogP contribution >= 0.6 is 11.6 Å². The maximum absolute atomic E-state index is 12.5. The van der Waals surface area contributed by atoms with Crippen molar-refractivity contribution in [3.63, 3.8) is 0 Å². The number of ether oxygens (including phenoxy) is 2. The minimum Gasteiger partial charge on any atom is -0.493 e. The second kappa shape index (κ2) is 8.13. The van der Waals surface area contributed by atoms with Gasteiger partial charge in [0.15, 0.2) is 17.3 Å². The molecule has 0 radical (unpaired) electrons. The molecule has 2 aromatic carbocycles. The van der Waals surface area contributed by atoms with Gasteiger partial charge in [0.1, 0.15) is 0 Å². The molecule has 3 aromatic rings. The number of halogens is 1. The fourth-order valence-corrected chi connectivity index (χ4v) is 3.65. The molecule has 1 aromatic heterocycles. The molecule has 29 heavy (non-hydrogen) atoms. The van der Waals surface area contributed by atoms with Crippen LogP contribution in [0.15, 0.2) is 47.0 Å². The first-order valence-electron chi connectivity index (χ1n) is 9.15. The topological polar surface area (TPSA) is 77.7 Å². The Kier molecular flexibility index (Phi) is 5.40. The molecular formula is C21H20ClN3O4. The van der Waals surface area contributed by atoms with Gasteiger partial charge in [-0.15, -0.1) is 0 Å². The normalized spacial score (nSPS) is 16.3. The van der Waals surface area contributed by atoms with Crippen LogP contribution < -0.4 is 9.47 Å². The first-order valence-corrected chi connectivity index (χ1v) is 9.53. The predicted molar refractivity (Wildman–Crippen MR) is 107 cm³/mol. The molecular weight excluding hydrogens is 394 g/mol. The van der Waals surface area contributed by atoms with Crippen LogP contribution in [0, 0.1) is 0 Å². The number of hydrogen-bond donors (Lipinski definition) is 0. The number of rotatable bonds is 6. The zero-order valence-electron chi connectivity index (χ0n) is 16.1. The highest BCUT2D eigenvalue weighted by Crippen LogP contribution is 2.33. The third-order valence-electron chi connectivity index (χ3n) is 4.91. The Morgan fingerprint density at radius 2 is 2.00 bits per heavy atom. The van der Waals surface area contributed by atoms with Crippen molar-refractivity contribution in [1.82, 2.24) is 15.0 Å². The Bertz CT molecular complexity index is 1040. The number of methoxy groups -OCH3 is 2. The van der Waals surface area contributed by atoms with Gasteiger partial charge in [0.2, 0.25) is 5.91 Å². The molecule has 1 aliphatic heterocycles. The van der Waals surface area contributed by atoms with Gasteiger partial charge >= 0.3 is 0 Å². The minimum atomic E-state index is -0.112. The second-order valence-corrected chi connectivity index (χ2v) is 7.27. The predicted octanol–water partition coefficient (Wildman–Crippen LogP) is 3.92. The number of carbonyl (C=O) groups is 1. The van der Waals surface area contributed by atoms with Crippen molar-refractivity contribution in [1.29, 1.82) is 0 Å². The number of likely N-dealkylation sites (tertiary alicyclic amines) is 1. The van der Waals surface area contributed by atoms with Gasteiger partial charge in [-0.2, -0.15) is 4.98 Å². The van der Waals surface area contributed by atoms with E-state index in [-0.39, 0.29) is 11.8 Å². The summed E-state index contributed by atoms with van der Waals surface area (Å²) in [6.45, 7) is 1.05. The van der Waals surface area contributed by atoms with Crippen LogP contribution in [0.5, 0.6) is 11.5 Å². The standard InChI is InChI=1S/C21H20ClN3O4/c1-27-17-7-6-14(9-18(17)28-2)21-23-20(24-29-21)15-10-19(26)25(12-15)11-13-4-3-5-16(22)8-13/h3-9,15H,10-12H2,1-2H3. The highest BCUT2D eigenvalue weighted by Gasteiger charge is 2.33. The highest BCUT2D eigenvalue weighted by molar-refractivity contribution is 6.30. The van der Waals surface area contributed by atoms with Crippen LogP contribution in [-0.4, -0.2) is 41.7 Å². The van der Waals surface area contributed by atoms with Crippen LogP contribution in [0.1, 0.15) is 23.7 Å². The number of aromatic nitrogens is 2. The first-order chi connectivity index (χ1) is 14.1. The SMILES string of the molecule is COc1ccc(-c2nc(C3CC(=O)N(Cc4cccc(Cl)c4)C3)no2)cc1OC. The molecule has 0 spiro atoms. The molecule has 1 aliphatic rings. The molecule has 1 atom stereocenters. The molecule has 0 bridgehead atoms. The van der Waals surface area contributed by atoms with Crippen LogP contribution in [-0.2, 0) is 11.3 Å². The minimum absolute atomic E-state index is 0.0624. The summed E-state index contributed by atoms with van der Waals surface area (Å²) in [7, 11) is 3.15. The molecule has 4 rings (SSSR count). The molecule has 150 valence electrons. The molecule has 1 fully saturated rings. The van der Waals surface area contributed by atoms with E-state index in [9.17, 15) is 4.79 Å². The Balaban J connectivity index is 1.49. The van der Waals surface area contributed by atoms with Gasteiger partial charge < -0.3 is 18.9 Å². The van der Waals surface area contributed by atoms with Gasteiger partial charge in [0, 0.05) is 36.0 Å². The van der Waals surface area contributed by atoms with Gasteiger partial charge in [-0.05, 0) is 35.9 Å². The lowest BCUT2D eigenvalue weighted by Gasteiger charge is -2.16. The molecule has 0 N–H and O–H groups in total. The average molecular weight is 414 g/mol. The molecule has 1 saturated heterocycles. The van der Waals surface area contributed by atoms with E-state index < -0.39 is 0 Å². The zero-order valence-corrected chi connectivity index (χ0v) is 16.8. The molecule has 1 unspecified atom stereocenters. The van der Waals surface area contributed by atoms with Crippen molar-refractivity contribution >= 4 is 17.5 Å². The van der Waals surface area contributed by atoms with E-state index in [0.717, 1.165) is 11.1 Å². The van der Waals surface area contributed by atoms with Crippen molar-refractivity contribution in [3.8, 4) is 23.0 Å². The summed E-state index contributed by atoms with van der Waals surface area (Å²) in [6, 6.07) is 12.9. The van der Waals surface area contributed by atoms with Gasteiger partial charge in [-0.1, -0.05) is 28.9 Å². The van der Waals surface area contributed by atoms with Crippen molar-refractivity contribution < 1.29 is 18.8 Å². The Morgan fingerprint density at radius 1 is 1.17 bits per heavy atom. The summed E-state index contributed by atoms with van der Waals surface area (Å²) in [5.74, 6) is 2.05. The van der Waals surface area contributed by atoms with Crippen molar-refractivity contribution in [3.05, 3.63) is 58.9 Å². The smallest absolute Gasteiger partial charge is 0.258 e. The molecule has 2 heterocycles. The molecule has 7 nitrogen and oxygen atoms in total. The quantitative estimate of drug-likeness (QED) is 0.609. The van der Waals surface area contributed by atoms with Gasteiger partial charge in [-0.3, -0.25) is 4.79 Å². The number of amides is 1. The van der Waals surface area contributed by atoms with E-state index in [4.69, 9.17) is 25.6 Å². The van der Waals surface area contributed by atoms with Gasteiger partial charge in [-0.25, -0.2) is 0 Å². The highest BCUT2D eigenvalue weighted by atomic mass is 35.5. The Morgan fingerprint density at radius 3 is 2.76 bits per heavy atom. The zero-order chi connectivity index (χ0) is 20.4. The van der Waals surface area contributed by atoms with Crippen LogP contribution in [0.3, 0.4) is 0 Å². The largest absolute Gasteiger partial charge is 0.493 e. The lowest BCUT2D eigenvalue weighted by molar-refractivity contribution is -0.128. The van der Waals surface area contributed by atoms with E-state index in [2.05, 4.69) is 10.1 Å². The van der Waals surface area contributed by atoms with Crippen molar-refractivity contribution in [2.45, 2.75) is 18.9 Å². The summed E-state index contributed by atoms with van der Waals surface area (Å²) >= 11 is 6.04. The summed E-state index contributed by atoms with van der Waals surface area (Å²) in [6.07, 6.45) is 0.353. The number of benzene rings is 2. The maximum Gasteiger partial charge on any atom is 0.258 e. The fourth-order valence-electron chi connectivity index (χ4n) is 3.44. The van der Waals surface area contributed by atoms with E-state index in [1.807, 2.05) is 30.3 Å². The van der Waals surface area contributed by atoms with Gasteiger partial charge in [0.25, 0.3) is 5.89 Å². The first kappa shape index (κ1) is 19.3. The summed E-state index contributed by atoms with van der Waals surface area (Å²) < 4.78 is 16.0. The number of nitrogens with zero attached hydrogens (tertiary/aromatic N) is 3. The van der Waals surface area contributed by atoms with Crippen LogP contribution in [0.25, 0.3) is 11.5 Å². The summed E-state index contributed by atoms with van der Waals surface area (Å²) in [4.78, 5) is 18.8. The van der Waals surface area contributed by atoms with Crippen LogP contribution in [0.4, 0.5) is 0 Å². The lowest BCUT2D eigenvalue weighted by Crippen LogP contribution is -2.24. The Hall–Kier alpha value is -3.06. The summed E-state index contributed by atoms with van der Waals surface area (Å²) in [5, 5.41) is 4.76. The third-order valence-corrected chi connectivity index (χ3v) is 5.15. The number of hydrogen-bond acceptors (Lipinski definition) is 6. The maximum atomic E-state index is 12.5. The van der Waals surface area contributed by atoms with Crippen molar-refractivity contribution in [2.24, 2.45) is 0 Å². The lowest BCUT2D eigenvalue weighted by atomic mass is 10.1. The summed E-state index contributed by atoms with van der Waals surface area (Å²) in [5.41, 5.74) is 1.71. The third kappa shape index (κ3) is 4.05. The van der Waals surface area contributed by atoms with E-state index in [0.29, 0.717) is 47.7 Å². The molecule has 8 heteroatoms. The monoisotopic (exact) mass is 413 g/mol. The average Bonchev–Trinajstić information content (AvgIpc) is 3.35.